The van der Waals surface area contributed by atoms with Gasteiger partial charge in [0.15, 0.2) is 11.5 Å². The third-order valence-corrected chi connectivity index (χ3v) is 7.48. The number of carbonyl (C=O) groups excluding carboxylic acids is 1. The van der Waals surface area contributed by atoms with E-state index >= 15 is 0 Å². The lowest BCUT2D eigenvalue weighted by Gasteiger charge is -2.35. The number of hydrogen-bond acceptors (Lipinski definition) is 6. The molecule has 2 aliphatic rings. The third kappa shape index (κ3) is 5.55. The molecule has 0 fully saturated rings. The van der Waals surface area contributed by atoms with Crippen LogP contribution in [0.5, 0.6) is 11.5 Å². The summed E-state index contributed by atoms with van der Waals surface area (Å²) in [4.78, 5) is 18.0. The average molecular weight is 517 g/mol. The zero-order valence-electron chi connectivity index (χ0n) is 22.3. The molecule has 0 radical (unpaired) electrons. The molecule has 3 atom stereocenters. The Morgan fingerprint density at radius 2 is 1.71 bits per heavy atom. The summed E-state index contributed by atoms with van der Waals surface area (Å²) in [6, 6.07) is 21.6. The highest BCUT2D eigenvalue weighted by molar-refractivity contribution is 6.01. The molecule has 1 N–H and O–H groups in total. The van der Waals surface area contributed by atoms with Crippen molar-refractivity contribution >= 4 is 5.91 Å². The molecule has 1 amide bonds. The fourth-order valence-electron chi connectivity index (χ4n) is 5.27. The molecule has 3 aromatic rings. The van der Waals surface area contributed by atoms with Gasteiger partial charge in [0.25, 0.3) is 5.91 Å². The van der Waals surface area contributed by atoms with Crippen molar-refractivity contribution in [2.24, 2.45) is 5.92 Å². The largest absolute Gasteiger partial charge is 0.454 e. The monoisotopic (exact) mass is 516 g/mol. The van der Waals surface area contributed by atoms with Crippen molar-refractivity contribution in [2.75, 3.05) is 33.5 Å². The van der Waals surface area contributed by atoms with Crippen molar-refractivity contribution in [2.45, 2.75) is 39.1 Å². The first-order chi connectivity index (χ1) is 18.4. The zero-order valence-corrected chi connectivity index (χ0v) is 22.3. The van der Waals surface area contributed by atoms with E-state index in [1.165, 1.54) is 0 Å². The maximum absolute atomic E-state index is 13.9. The van der Waals surface area contributed by atoms with Crippen LogP contribution in [0.3, 0.4) is 0 Å². The minimum atomic E-state index is -0.319. The number of aliphatic hydroxyl groups excluding tert-OH is 1. The van der Waals surface area contributed by atoms with Crippen molar-refractivity contribution in [1.29, 1.82) is 0 Å². The van der Waals surface area contributed by atoms with Crippen LogP contribution in [0.1, 0.15) is 35.3 Å². The lowest BCUT2D eigenvalue weighted by molar-refractivity contribution is -0.0241. The van der Waals surface area contributed by atoms with Crippen LogP contribution in [-0.4, -0.2) is 66.5 Å². The predicted molar refractivity (Wildman–Crippen MR) is 146 cm³/mol. The fraction of sp³-hybridized carbons (Fsp3) is 0.387. The quantitative estimate of drug-likeness (QED) is 0.518. The number of hydrogen-bond donors (Lipinski definition) is 1. The van der Waals surface area contributed by atoms with E-state index < -0.39 is 0 Å². The van der Waals surface area contributed by atoms with E-state index in [1.54, 1.807) is 4.90 Å². The number of likely N-dealkylation sites (N-methyl/N-ethyl adjacent to an activating group) is 1. The third-order valence-electron chi connectivity index (χ3n) is 7.48. The number of fused-ring (bicyclic) bond motifs is 4. The number of ether oxygens (including phenoxy) is 3. The van der Waals surface area contributed by atoms with Crippen LogP contribution in [0.2, 0.25) is 0 Å². The smallest absolute Gasteiger partial charge is 0.254 e. The summed E-state index contributed by atoms with van der Waals surface area (Å²) in [6.07, 6.45) is -0.135. The van der Waals surface area contributed by atoms with E-state index in [1.807, 2.05) is 61.5 Å². The van der Waals surface area contributed by atoms with Crippen molar-refractivity contribution in [3.63, 3.8) is 0 Å². The molecule has 200 valence electrons. The van der Waals surface area contributed by atoms with Crippen molar-refractivity contribution in [1.82, 2.24) is 9.80 Å². The standard InChI is InChI=1S/C31H36N2O5/c1-21-15-33(22(2)18-34)31(35)27-11-7-6-10-26(27)25-9-5-4-8-24(25)19-36-30(21)17-32(3)16-23-12-13-28-29(14-23)38-20-37-28/h4-14,21-22,30,34H,15-20H2,1-3H3/t21-,22-,30-/m1/s1. The lowest BCUT2D eigenvalue weighted by Crippen LogP contribution is -2.47. The van der Waals surface area contributed by atoms with Gasteiger partial charge < -0.3 is 24.2 Å². The maximum atomic E-state index is 13.9. The van der Waals surface area contributed by atoms with E-state index in [0.717, 1.165) is 40.3 Å². The van der Waals surface area contributed by atoms with Crippen LogP contribution >= 0.6 is 0 Å². The SMILES string of the molecule is C[C@@H]1CN([C@H](C)CO)C(=O)c2ccccc2-c2ccccc2CO[C@@H]1CN(C)Cc1ccc2c(c1)OCO2. The van der Waals surface area contributed by atoms with Crippen LogP contribution in [0.25, 0.3) is 11.1 Å². The molecule has 0 spiro atoms. The topological polar surface area (TPSA) is 71.5 Å². The second-order valence-corrected chi connectivity index (χ2v) is 10.4. The van der Waals surface area contributed by atoms with Crippen molar-refractivity contribution < 1.29 is 24.1 Å². The van der Waals surface area contributed by atoms with E-state index in [4.69, 9.17) is 14.2 Å². The summed E-state index contributed by atoms with van der Waals surface area (Å²) < 4.78 is 17.6. The van der Waals surface area contributed by atoms with Gasteiger partial charge in [-0.15, -0.1) is 0 Å². The Labute approximate surface area is 224 Å². The summed E-state index contributed by atoms with van der Waals surface area (Å²) in [5.74, 6) is 1.51. The fourth-order valence-corrected chi connectivity index (χ4v) is 5.27. The molecule has 0 aliphatic carbocycles. The van der Waals surface area contributed by atoms with Crippen LogP contribution in [-0.2, 0) is 17.9 Å². The van der Waals surface area contributed by atoms with Gasteiger partial charge in [-0.2, -0.15) is 0 Å². The molecule has 0 saturated carbocycles. The predicted octanol–water partition coefficient (Wildman–Crippen LogP) is 4.57. The van der Waals surface area contributed by atoms with Gasteiger partial charge in [0.1, 0.15) is 0 Å². The Bertz CT molecular complexity index is 1280. The number of amides is 1. The first-order valence-electron chi connectivity index (χ1n) is 13.2. The molecule has 2 heterocycles. The summed E-state index contributed by atoms with van der Waals surface area (Å²) in [7, 11) is 2.08. The molecular weight excluding hydrogens is 480 g/mol. The molecule has 0 bridgehead atoms. The molecule has 7 nitrogen and oxygen atoms in total. The first kappa shape index (κ1) is 26.2. The van der Waals surface area contributed by atoms with Gasteiger partial charge in [0.05, 0.1) is 25.4 Å². The van der Waals surface area contributed by atoms with Gasteiger partial charge in [0, 0.05) is 31.1 Å². The Balaban J connectivity index is 1.43. The summed E-state index contributed by atoms with van der Waals surface area (Å²) >= 11 is 0. The number of benzene rings is 3. The summed E-state index contributed by atoms with van der Waals surface area (Å²) in [6.45, 7) is 6.50. The first-order valence-corrected chi connectivity index (χ1v) is 13.2. The molecule has 0 unspecified atom stereocenters. The average Bonchev–Trinajstić information content (AvgIpc) is 3.40. The highest BCUT2D eigenvalue weighted by atomic mass is 16.7. The van der Waals surface area contributed by atoms with Crippen LogP contribution in [0.15, 0.2) is 66.7 Å². The van der Waals surface area contributed by atoms with Crippen molar-refractivity contribution in [3.8, 4) is 22.6 Å². The second-order valence-electron chi connectivity index (χ2n) is 10.4. The highest BCUT2D eigenvalue weighted by Gasteiger charge is 2.30. The van der Waals surface area contributed by atoms with Gasteiger partial charge in [-0.05, 0) is 54.4 Å². The van der Waals surface area contributed by atoms with E-state index in [-0.39, 0.29) is 37.4 Å². The summed E-state index contributed by atoms with van der Waals surface area (Å²) in [5, 5.41) is 10.0. The van der Waals surface area contributed by atoms with Crippen LogP contribution in [0, 0.1) is 5.92 Å². The number of aliphatic hydroxyl groups is 1. The molecule has 5 rings (SSSR count). The second kappa shape index (κ2) is 11.6. The number of rotatable bonds is 6. The molecule has 0 aromatic heterocycles. The number of nitrogens with zero attached hydrogens (tertiary/aromatic N) is 2. The maximum Gasteiger partial charge on any atom is 0.254 e. The zero-order chi connectivity index (χ0) is 26.6. The lowest BCUT2D eigenvalue weighted by atomic mass is 9.94. The Kier molecular flexibility index (Phi) is 7.98. The van der Waals surface area contributed by atoms with Gasteiger partial charge in [-0.25, -0.2) is 0 Å². The van der Waals surface area contributed by atoms with Gasteiger partial charge >= 0.3 is 0 Å². The molecule has 3 aromatic carbocycles. The van der Waals surface area contributed by atoms with Crippen LogP contribution in [0.4, 0.5) is 0 Å². The van der Waals surface area contributed by atoms with E-state index in [0.29, 0.717) is 25.3 Å². The Morgan fingerprint density at radius 1 is 1.00 bits per heavy atom. The summed E-state index contributed by atoms with van der Waals surface area (Å²) in [5.41, 5.74) is 4.71. The molecule has 0 saturated heterocycles. The highest BCUT2D eigenvalue weighted by Crippen LogP contribution is 2.33. The Morgan fingerprint density at radius 3 is 2.50 bits per heavy atom. The minimum Gasteiger partial charge on any atom is -0.454 e. The van der Waals surface area contributed by atoms with Gasteiger partial charge in [-0.3, -0.25) is 9.69 Å². The van der Waals surface area contributed by atoms with Crippen molar-refractivity contribution in [3.05, 3.63) is 83.4 Å². The van der Waals surface area contributed by atoms with E-state index in [2.05, 4.69) is 31.0 Å². The Hall–Kier alpha value is -3.39. The molecular formula is C31H36N2O5. The number of carbonyl (C=O) groups is 1. The minimum absolute atomic E-state index is 0.0320. The molecule has 7 heteroatoms. The van der Waals surface area contributed by atoms with Crippen LogP contribution < -0.4 is 9.47 Å². The molecule has 38 heavy (non-hydrogen) atoms. The van der Waals surface area contributed by atoms with Gasteiger partial charge in [0.2, 0.25) is 6.79 Å². The normalized spacial score (nSPS) is 20.0. The van der Waals surface area contributed by atoms with Gasteiger partial charge in [-0.1, -0.05) is 55.5 Å². The van der Waals surface area contributed by atoms with E-state index in [9.17, 15) is 9.90 Å². The molecule has 2 aliphatic heterocycles.